The average Bonchev–Trinajstić information content (AvgIpc) is 3.34. The van der Waals surface area contributed by atoms with Crippen LogP contribution in [0.1, 0.15) is 44.9 Å². The van der Waals surface area contributed by atoms with Gasteiger partial charge in [-0.3, -0.25) is 9.59 Å². The second-order valence-corrected chi connectivity index (χ2v) is 6.62. The van der Waals surface area contributed by atoms with Gasteiger partial charge in [0.25, 0.3) is 0 Å². The Bertz CT molecular complexity index is 539. The standard InChI is InChI=1S/C18H24O4/c1-21-16(19)13-8-9-14(12-6-4-3-5-7-12)18(10-11-18)15(13)17(20)22-2/h6,9,13,15H,3-5,7-8,10-11H2,1-2H3. The highest BCUT2D eigenvalue weighted by molar-refractivity contribution is 5.85. The molecule has 3 aliphatic carbocycles. The number of methoxy groups -OCH3 is 2. The van der Waals surface area contributed by atoms with Crippen LogP contribution in [0.25, 0.3) is 0 Å². The summed E-state index contributed by atoms with van der Waals surface area (Å²) in [7, 11) is 2.80. The number of allylic oxidation sites excluding steroid dienone is 4. The first kappa shape index (κ1) is 15.3. The predicted molar refractivity (Wildman–Crippen MR) is 81.9 cm³/mol. The minimum atomic E-state index is -0.409. The monoisotopic (exact) mass is 304 g/mol. The van der Waals surface area contributed by atoms with Gasteiger partial charge in [-0.25, -0.2) is 0 Å². The SMILES string of the molecule is COC(=O)C1CC=C(C2=CCCCC2)C2(CC2)C1C(=O)OC. The summed E-state index contributed by atoms with van der Waals surface area (Å²) >= 11 is 0. The lowest BCUT2D eigenvalue weighted by Crippen LogP contribution is -2.41. The zero-order chi connectivity index (χ0) is 15.7. The number of hydrogen-bond donors (Lipinski definition) is 0. The normalized spacial score (nSPS) is 29.4. The largest absolute Gasteiger partial charge is 0.469 e. The van der Waals surface area contributed by atoms with Gasteiger partial charge in [0.15, 0.2) is 0 Å². The molecule has 0 aromatic rings. The molecule has 0 bridgehead atoms. The fraction of sp³-hybridized carbons (Fsp3) is 0.667. The lowest BCUT2D eigenvalue weighted by molar-refractivity contribution is -0.160. The van der Waals surface area contributed by atoms with Crippen molar-refractivity contribution < 1.29 is 19.1 Å². The molecule has 0 N–H and O–H groups in total. The molecule has 22 heavy (non-hydrogen) atoms. The number of carbonyl (C=O) groups excluding carboxylic acids is 2. The van der Waals surface area contributed by atoms with Crippen molar-refractivity contribution in [1.29, 1.82) is 0 Å². The van der Waals surface area contributed by atoms with E-state index in [0.717, 1.165) is 25.7 Å². The molecule has 2 atom stereocenters. The van der Waals surface area contributed by atoms with Gasteiger partial charge in [0.05, 0.1) is 26.1 Å². The number of esters is 2. The summed E-state index contributed by atoms with van der Waals surface area (Å²) in [6.07, 6.45) is 11.7. The van der Waals surface area contributed by atoms with Gasteiger partial charge in [0.2, 0.25) is 0 Å². The first-order valence-corrected chi connectivity index (χ1v) is 8.20. The van der Waals surface area contributed by atoms with Crippen molar-refractivity contribution in [2.24, 2.45) is 17.3 Å². The molecule has 1 fully saturated rings. The minimum absolute atomic E-state index is 0.187. The molecule has 0 aromatic heterocycles. The Labute approximate surface area is 131 Å². The molecule has 0 radical (unpaired) electrons. The first-order valence-electron chi connectivity index (χ1n) is 8.20. The van der Waals surface area contributed by atoms with Crippen LogP contribution in [0.15, 0.2) is 23.3 Å². The van der Waals surface area contributed by atoms with E-state index in [2.05, 4.69) is 12.2 Å². The zero-order valence-electron chi connectivity index (χ0n) is 13.4. The van der Waals surface area contributed by atoms with Crippen LogP contribution in [-0.4, -0.2) is 26.2 Å². The van der Waals surface area contributed by atoms with E-state index in [-0.39, 0.29) is 17.4 Å². The number of ether oxygens (including phenoxy) is 2. The predicted octanol–water partition coefficient (Wildman–Crippen LogP) is 3.18. The van der Waals surface area contributed by atoms with Crippen molar-refractivity contribution in [3.8, 4) is 0 Å². The Morgan fingerprint density at radius 1 is 1.09 bits per heavy atom. The van der Waals surface area contributed by atoms with E-state index in [4.69, 9.17) is 9.47 Å². The van der Waals surface area contributed by atoms with Crippen LogP contribution >= 0.6 is 0 Å². The summed E-state index contributed by atoms with van der Waals surface area (Å²) < 4.78 is 9.96. The molecule has 120 valence electrons. The highest BCUT2D eigenvalue weighted by atomic mass is 16.5. The van der Waals surface area contributed by atoms with Gasteiger partial charge in [-0.1, -0.05) is 12.2 Å². The van der Waals surface area contributed by atoms with E-state index in [1.807, 2.05) is 0 Å². The molecular weight excluding hydrogens is 280 g/mol. The van der Waals surface area contributed by atoms with Crippen LogP contribution in [0.2, 0.25) is 0 Å². The summed E-state index contributed by atoms with van der Waals surface area (Å²) in [4.78, 5) is 24.5. The van der Waals surface area contributed by atoms with Crippen LogP contribution < -0.4 is 0 Å². The Morgan fingerprint density at radius 3 is 2.36 bits per heavy atom. The summed E-state index contributed by atoms with van der Waals surface area (Å²) in [6, 6.07) is 0. The fourth-order valence-corrected chi connectivity index (χ4v) is 4.29. The van der Waals surface area contributed by atoms with E-state index < -0.39 is 11.8 Å². The van der Waals surface area contributed by atoms with Crippen molar-refractivity contribution in [3.05, 3.63) is 23.3 Å². The first-order chi connectivity index (χ1) is 10.6. The van der Waals surface area contributed by atoms with Gasteiger partial charge in [-0.05, 0) is 56.1 Å². The second-order valence-electron chi connectivity index (χ2n) is 6.62. The molecular formula is C18H24O4. The van der Waals surface area contributed by atoms with Crippen molar-refractivity contribution in [2.75, 3.05) is 14.2 Å². The summed E-state index contributed by atoms with van der Waals surface area (Å²) in [5, 5.41) is 0. The third kappa shape index (κ3) is 2.38. The van der Waals surface area contributed by atoms with E-state index in [9.17, 15) is 9.59 Å². The summed E-state index contributed by atoms with van der Waals surface area (Å²) in [6.45, 7) is 0. The van der Waals surface area contributed by atoms with Crippen LogP contribution in [0.4, 0.5) is 0 Å². The molecule has 0 saturated heterocycles. The molecule has 1 saturated carbocycles. The van der Waals surface area contributed by atoms with E-state index in [1.165, 1.54) is 38.2 Å². The number of hydrogen-bond acceptors (Lipinski definition) is 4. The van der Waals surface area contributed by atoms with Crippen LogP contribution in [0.5, 0.6) is 0 Å². The molecule has 0 aliphatic heterocycles. The van der Waals surface area contributed by atoms with Crippen molar-refractivity contribution >= 4 is 11.9 Å². The van der Waals surface area contributed by atoms with Crippen LogP contribution in [-0.2, 0) is 19.1 Å². The van der Waals surface area contributed by atoms with E-state index in [1.54, 1.807) is 0 Å². The van der Waals surface area contributed by atoms with Gasteiger partial charge in [0.1, 0.15) is 0 Å². The van der Waals surface area contributed by atoms with Gasteiger partial charge in [0, 0.05) is 5.41 Å². The smallest absolute Gasteiger partial charge is 0.310 e. The highest BCUT2D eigenvalue weighted by Crippen LogP contribution is 2.64. The van der Waals surface area contributed by atoms with Gasteiger partial charge >= 0.3 is 11.9 Å². The fourth-order valence-electron chi connectivity index (χ4n) is 4.29. The van der Waals surface area contributed by atoms with Crippen molar-refractivity contribution in [2.45, 2.75) is 44.9 Å². The van der Waals surface area contributed by atoms with Gasteiger partial charge < -0.3 is 9.47 Å². The molecule has 4 heteroatoms. The third-order valence-corrected chi connectivity index (χ3v) is 5.49. The quantitative estimate of drug-likeness (QED) is 0.751. The lowest BCUT2D eigenvalue weighted by atomic mass is 9.66. The Balaban J connectivity index is 1.98. The Morgan fingerprint density at radius 2 is 1.82 bits per heavy atom. The molecule has 3 aliphatic rings. The lowest BCUT2D eigenvalue weighted by Gasteiger charge is -2.37. The van der Waals surface area contributed by atoms with Gasteiger partial charge in [-0.2, -0.15) is 0 Å². The second kappa shape index (κ2) is 5.90. The summed E-state index contributed by atoms with van der Waals surface area (Å²) in [5.41, 5.74) is 2.51. The van der Waals surface area contributed by atoms with Crippen LogP contribution in [0.3, 0.4) is 0 Å². The molecule has 4 nitrogen and oxygen atoms in total. The molecule has 1 spiro atoms. The van der Waals surface area contributed by atoms with Crippen LogP contribution in [0, 0.1) is 17.3 Å². The van der Waals surface area contributed by atoms with E-state index >= 15 is 0 Å². The maximum atomic E-state index is 12.4. The summed E-state index contributed by atoms with van der Waals surface area (Å²) in [5.74, 6) is -1.37. The Hall–Kier alpha value is -1.58. The van der Waals surface area contributed by atoms with E-state index in [0.29, 0.717) is 6.42 Å². The number of rotatable bonds is 3. The maximum absolute atomic E-state index is 12.4. The zero-order valence-corrected chi connectivity index (χ0v) is 13.4. The Kier molecular flexibility index (Phi) is 4.11. The molecule has 2 unspecified atom stereocenters. The topological polar surface area (TPSA) is 52.6 Å². The molecule has 3 rings (SSSR count). The van der Waals surface area contributed by atoms with Crippen molar-refractivity contribution in [1.82, 2.24) is 0 Å². The minimum Gasteiger partial charge on any atom is -0.469 e. The maximum Gasteiger partial charge on any atom is 0.310 e. The third-order valence-electron chi connectivity index (χ3n) is 5.49. The molecule has 0 heterocycles. The van der Waals surface area contributed by atoms with Crippen molar-refractivity contribution in [3.63, 3.8) is 0 Å². The molecule has 0 amide bonds. The molecule has 0 aromatic carbocycles. The average molecular weight is 304 g/mol. The van der Waals surface area contributed by atoms with Gasteiger partial charge in [-0.15, -0.1) is 0 Å². The number of carbonyl (C=O) groups is 2. The highest BCUT2D eigenvalue weighted by Gasteiger charge is 2.61.